The highest BCUT2D eigenvalue weighted by molar-refractivity contribution is 5.91. The summed E-state index contributed by atoms with van der Waals surface area (Å²) in [4.78, 5) is 24.8. The third-order valence-corrected chi connectivity index (χ3v) is 4.85. The average molecular weight is 349 g/mol. The van der Waals surface area contributed by atoms with Gasteiger partial charge in [-0.25, -0.2) is 0 Å². The number of benzene rings is 1. The van der Waals surface area contributed by atoms with Crippen LogP contribution < -0.4 is 5.32 Å². The van der Waals surface area contributed by atoms with E-state index >= 15 is 0 Å². The molecule has 25 heavy (non-hydrogen) atoms. The summed E-state index contributed by atoms with van der Waals surface area (Å²) in [6.07, 6.45) is 3.89. The summed E-state index contributed by atoms with van der Waals surface area (Å²) in [6, 6.07) is 4.54. The van der Waals surface area contributed by atoms with E-state index in [0.717, 1.165) is 32.2 Å². The molecule has 1 aromatic carbocycles. The fraction of sp³-hybridized carbons (Fsp3) is 0.611. The van der Waals surface area contributed by atoms with E-state index in [1.165, 1.54) is 12.1 Å². The zero-order valence-electron chi connectivity index (χ0n) is 14.9. The Hall–Kier alpha value is -1.99. The second-order valence-corrected chi connectivity index (χ2v) is 6.63. The lowest BCUT2D eigenvalue weighted by Gasteiger charge is -2.38. The molecule has 0 aliphatic carbocycles. The molecule has 2 unspecified atom stereocenters. The number of piperidine rings is 1. The number of nitrogens with one attached hydrogen (secondary N) is 1. The first kappa shape index (κ1) is 19.3. The van der Waals surface area contributed by atoms with E-state index in [2.05, 4.69) is 10.2 Å². The number of likely N-dealkylation sites (tertiary alicyclic amines) is 1. The molecule has 1 aliphatic heterocycles. The number of nitro groups is 1. The number of amides is 1. The summed E-state index contributed by atoms with van der Waals surface area (Å²) in [7, 11) is 0. The van der Waals surface area contributed by atoms with Gasteiger partial charge in [-0.1, -0.05) is 13.3 Å². The SMILES string of the molecule is CCC(O)C1CCCCN1CCC(=O)Nc1ccc([N+](=O)[O-])cc1C. The summed E-state index contributed by atoms with van der Waals surface area (Å²) in [5.74, 6) is -0.118. The highest BCUT2D eigenvalue weighted by atomic mass is 16.6. The van der Waals surface area contributed by atoms with Crippen molar-refractivity contribution in [1.82, 2.24) is 4.90 Å². The van der Waals surface area contributed by atoms with Crippen molar-refractivity contribution >= 4 is 17.3 Å². The maximum Gasteiger partial charge on any atom is 0.269 e. The number of non-ortho nitro benzene ring substituents is 1. The average Bonchev–Trinajstić information content (AvgIpc) is 2.61. The maximum absolute atomic E-state index is 12.2. The van der Waals surface area contributed by atoms with Crippen LogP contribution in [0.1, 0.15) is 44.6 Å². The minimum Gasteiger partial charge on any atom is -0.392 e. The number of nitrogens with zero attached hydrogens (tertiary/aromatic N) is 2. The number of anilines is 1. The molecule has 0 bridgehead atoms. The van der Waals surface area contributed by atoms with Gasteiger partial charge in [-0.3, -0.25) is 19.8 Å². The van der Waals surface area contributed by atoms with Gasteiger partial charge in [-0.15, -0.1) is 0 Å². The van der Waals surface area contributed by atoms with Crippen LogP contribution in [0, 0.1) is 17.0 Å². The maximum atomic E-state index is 12.2. The van der Waals surface area contributed by atoms with Crippen molar-refractivity contribution in [2.24, 2.45) is 0 Å². The molecule has 7 heteroatoms. The van der Waals surface area contributed by atoms with Gasteiger partial charge in [-0.05, 0) is 44.4 Å². The molecule has 1 amide bonds. The smallest absolute Gasteiger partial charge is 0.269 e. The number of carbonyl (C=O) groups is 1. The Morgan fingerprint density at radius 2 is 2.24 bits per heavy atom. The van der Waals surface area contributed by atoms with Gasteiger partial charge < -0.3 is 10.4 Å². The number of nitro benzene ring substituents is 1. The summed E-state index contributed by atoms with van der Waals surface area (Å²) in [5, 5.41) is 23.8. The van der Waals surface area contributed by atoms with Crippen molar-refractivity contribution < 1.29 is 14.8 Å². The van der Waals surface area contributed by atoms with Gasteiger partial charge in [0.2, 0.25) is 5.91 Å². The lowest BCUT2D eigenvalue weighted by atomic mass is 9.95. The van der Waals surface area contributed by atoms with Crippen LogP contribution in [0.3, 0.4) is 0 Å². The van der Waals surface area contributed by atoms with Crippen molar-refractivity contribution in [1.29, 1.82) is 0 Å². The van der Waals surface area contributed by atoms with Gasteiger partial charge in [-0.2, -0.15) is 0 Å². The predicted molar refractivity (Wildman–Crippen MR) is 96.6 cm³/mol. The minimum atomic E-state index is -0.450. The van der Waals surface area contributed by atoms with Gasteiger partial charge in [0.15, 0.2) is 0 Å². The van der Waals surface area contributed by atoms with Crippen LogP contribution in [-0.4, -0.2) is 46.1 Å². The third-order valence-electron chi connectivity index (χ3n) is 4.85. The van der Waals surface area contributed by atoms with Gasteiger partial charge >= 0.3 is 0 Å². The number of rotatable bonds is 7. The van der Waals surface area contributed by atoms with Crippen molar-refractivity contribution in [2.75, 3.05) is 18.4 Å². The third kappa shape index (κ3) is 5.24. The van der Waals surface area contributed by atoms with Crippen LogP contribution in [0.15, 0.2) is 18.2 Å². The Morgan fingerprint density at radius 3 is 2.88 bits per heavy atom. The van der Waals surface area contributed by atoms with E-state index in [9.17, 15) is 20.0 Å². The van der Waals surface area contributed by atoms with E-state index in [-0.39, 0.29) is 23.7 Å². The molecule has 1 fully saturated rings. The van der Waals surface area contributed by atoms with Gasteiger partial charge in [0.05, 0.1) is 11.0 Å². The highest BCUT2D eigenvalue weighted by Crippen LogP contribution is 2.23. The molecule has 1 aliphatic rings. The summed E-state index contributed by atoms with van der Waals surface area (Å²) in [6.45, 7) is 5.23. The Bertz CT molecular complexity index is 620. The predicted octanol–water partition coefficient (Wildman–Crippen LogP) is 2.86. The summed E-state index contributed by atoms with van der Waals surface area (Å²) in [5.41, 5.74) is 1.28. The monoisotopic (exact) mass is 349 g/mol. The fourth-order valence-corrected chi connectivity index (χ4v) is 3.36. The number of aliphatic hydroxyl groups excluding tert-OH is 1. The van der Waals surface area contributed by atoms with Crippen LogP contribution in [0.5, 0.6) is 0 Å². The molecule has 2 N–H and O–H groups in total. The van der Waals surface area contributed by atoms with Gasteiger partial charge in [0, 0.05) is 36.8 Å². The lowest BCUT2D eigenvalue weighted by Crippen LogP contribution is -2.47. The lowest BCUT2D eigenvalue weighted by molar-refractivity contribution is -0.384. The number of hydrogen-bond donors (Lipinski definition) is 2. The van der Waals surface area contributed by atoms with Crippen molar-refractivity contribution in [3.8, 4) is 0 Å². The molecule has 2 atom stereocenters. The minimum absolute atomic E-state index is 0.0141. The van der Waals surface area contributed by atoms with Crippen LogP contribution in [0.4, 0.5) is 11.4 Å². The number of carbonyl (C=O) groups excluding carboxylic acids is 1. The van der Waals surface area contributed by atoms with E-state index < -0.39 is 4.92 Å². The second kappa shape index (κ2) is 8.92. The highest BCUT2D eigenvalue weighted by Gasteiger charge is 2.27. The van der Waals surface area contributed by atoms with Crippen molar-refractivity contribution in [3.05, 3.63) is 33.9 Å². The standard InChI is InChI=1S/C18H27N3O4/c1-3-17(22)16-6-4-5-10-20(16)11-9-18(23)19-15-8-7-14(21(24)25)12-13(15)2/h7-8,12,16-17,22H,3-6,9-11H2,1-2H3,(H,19,23). The number of hydrogen-bond acceptors (Lipinski definition) is 5. The second-order valence-electron chi connectivity index (χ2n) is 6.63. The topological polar surface area (TPSA) is 95.7 Å². The van der Waals surface area contributed by atoms with Gasteiger partial charge in [0.1, 0.15) is 0 Å². The van der Waals surface area contributed by atoms with Crippen LogP contribution in [-0.2, 0) is 4.79 Å². The molecule has 2 rings (SSSR count). The zero-order chi connectivity index (χ0) is 18.4. The first-order valence-electron chi connectivity index (χ1n) is 8.89. The molecule has 0 saturated carbocycles. The van der Waals surface area contributed by atoms with Crippen molar-refractivity contribution in [2.45, 2.75) is 58.1 Å². The summed E-state index contributed by atoms with van der Waals surface area (Å²) >= 11 is 0. The molecule has 138 valence electrons. The van der Waals surface area contributed by atoms with Gasteiger partial charge in [0.25, 0.3) is 5.69 Å². The summed E-state index contributed by atoms with van der Waals surface area (Å²) < 4.78 is 0. The molecule has 1 heterocycles. The number of aliphatic hydroxyl groups is 1. The Balaban J connectivity index is 1.90. The van der Waals surface area contributed by atoms with E-state index in [1.54, 1.807) is 13.0 Å². The fourth-order valence-electron chi connectivity index (χ4n) is 3.36. The molecular formula is C18H27N3O4. The molecule has 1 aromatic rings. The first-order chi connectivity index (χ1) is 11.9. The van der Waals surface area contributed by atoms with Crippen LogP contribution in [0.25, 0.3) is 0 Å². The largest absolute Gasteiger partial charge is 0.392 e. The zero-order valence-corrected chi connectivity index (χ0v) is 14.9. The van der Waals surface area contributed by atoms with Crippen LogP contribution in [0.2, 0.25) is 0 Å². The molecule has 0 spiro atoms. The van der Waals surface area contributed by atoms with Crippen molar-refractivity contribution in [3.63, 3.8) is 0 Å². The molecular weight excluding hydrogens is 322 g/mol. The molecule has 7 nitrogen and oxygen atoms in total. The normalized spacial score (nSPS) is 19.4. The van der Waals surface area contributed by atoms with Crippen LogP contribution >= 0.6 is 0 Å². The van der Waals surface area contributed by atoms with E-state index in [0.29, 0.717) is 24.2 Å². The molecule has 1 saturated heterocycles. The quantitative estimate of drug-likeness (QED) is 0.583. The Kier molecular flexibility index (Phi) is 6.90. The Morgan fingerprint density at radius 1 is 1.48 bits per heavy atom. The van der Waals surface area contributed by atoms with E-state index in [1.807, 2.05) is 6.92 Å². The molecule has 0 aromatic heterocycles. The van der Waals surface area contributed by atoms with E-state index in [4.69, 9.17) is 0 Å². The Labute approximate surface area is 148 Å². The number of aryl methyl sites for hydroxylation is 1. The first-order valence-corrected chi connectivity index (χ1v) is 8.89. The molecule has 0 radical (unpaired) electrons.